The third kappa shape index (κ3) is 4.82. The molecule has 0 N–H and O–H groups in total. The van der Waals surface area contributed by atoms with E-state index in [2.05, 4.69) is 50.8 Å². The van der Waals surface area contributed by atoms with E-state index >= 15 is 0 Å². The highest BCUT2D eigenvalue weighted by Crippen LogP contribution is 2.23. The maximum Gasteiger partial charge on any atom is 0.257 e. The van der Waals surface area contributed by atoms with Crippen molar-refractivity contribution in [2.45, 2.75) is 26.8 Å². The van der Waals surface area contributed by atoms with E-state index < -0.39 is 0 Å². The van der Waals surface area contributed by atoms with Crippen LogP contribution in [0, 0.1) is 6.92 Å². The average molecular weight is 413 g/mol. The van der Waals surface area contributed by atoms with Crippen LogP contribution >= 0.6 is 0 Å². The molecule has 0 aliphatic carbocycles. The van der Waals surface area contributed by atoms with Crippen molar-refractivity contribution in [1.82, 2.24) is 24.8 Å². The van der Waals surface area contributed by atoms with Gasteiger partial charge in [-0.3, -0.25) is 14.6 Å². The summed E-state index contributed by atoms with van der Waals surface area (Å²) < 4.78 is 5.23. The summed E-state index contributed by atoms with van der Waals surface area (Å²) in [5, 5.41) is 3.85. The Kier molecular flexibility index (Phi) is 6.34. The summed E-state index contributed by atoms with van der Waals surface area (Å²) in [7, 11) is 0. The Morgan fingerprint density at radius 1 is 1.00 bits per heavy atom. The Morgan fingerprint density at radius 3 is 2.23 bits per heavy atom. The molecule has 1 aromatic heterocycles. The van der Waals surface area contributed by atoms with Crippen molar-refractivity contribution >= 4 is 11.6 Å². The van der Waals surface area contributed by atoms with E-state index in [1.165, 1.54) is 5.69 Å². The van der Waals surface area contributed by atoms with Gasteiger partial charge in [-0.2, -0.15) is 4.98 Å². The molecule has 162 valence electrons. The number of hydrogen-bond acceptors (Lipinski definition) is 7. The number of aryl methyl sites for hydroxylation is 1. The van der Waals surface area contributed by atoms with Gasteiger partial charge in [-0.15, -0.1) is 0 Å². The van der Waals surface area contributed by atoms with Crippen LogP contribution in [-0.2, 0) is 4.79 Å². The lowest BCUT2D eigenvalue weighted by atomic mass is 10.1. The number of rotatable bonds is 5. The highest BCUT2D eigenvalue weighted by Gasteiger charge is 2.25. The van der Waals surface area contributed by atoms with Crippen LogP contribution in [-0.4, -0.2) is 95.7 Å². The zero-order valence-corrected chi connectivity index (χ0v) is 18.3. The van der Waals surface area contributed by atoms with Gasteiger partial charge in [0.1, 0.15) is 0 Å². The van der Waals surface area contributed by atoms with Gasteiger partial charge in [0.25, 0.3) is 5.89 Å². The van der Waals surface area contributed by atoms with Crippen LogP contribution in [0.15, 0.2) is 28.8 Å². The number of carbonyl (C=O) groups excluding carboxylic acids is 1. The summed E-state index contributed by atoms with van der Waals surface area (Å²) in [6.45, 7) is 14.1. The van der Waals surface area contributed by atoms with Gasteiger partial charge in [0.2, 0.25) is 5.91 Å². The van der Waals surface area contributed by atoms with E-state index in [1.807, 2.05) is 24.0 Å². The normalized spacial score (nSPS) is 18.9. The molecule has 2 fully saturated rings. The quantitative estimate of drug-likeness (QED) is 0.741. The molecule has 0 spiro atoms. The van der Waals surface area contributed by atoms with Crippen LogP contribution in [0.1, 0.15) is 19.7 Å². The maximum absolute atomic E-state index is 12.7. The highest BCUT2D eigenvalue weighted by molar-refractivity contribution is 5.78. The topological polar surface area (TPSA) is 69.0 Å². The molecule has 0 unspecified atom stereocenters. The van der Waals surface area contributed by atoms with E-state index in [9.17, 15) is 4.79 Å². The largest absolute Gasteiger partial charge is 0.369 e. The number of nitrogens with zero attached hydrogens (tertiary/aromatic N) is 6. The number of hydrogen-bond donors (Lipinski definition) is 0. The summed E-state index contributed by atoms with van der Waals surface area (Å²) in [6.07, 6.45) is 0. The summed E-state index contributed by atoms with van der Waals surface area (Å²) in [5.74, 6) is 1.46. The second-order valence-electron chi connectivity index (χ2n) is 8.47. The molecule has 30 heavy (non-hydrogen) atoms. The predicted octanol–water partition coefficient (Wildman–Crippen LogP) is 1.72. The van der Waals surface area contributed by atoms with Crippen molar-refractivity contribution in [3.05, 3.63) is 30.1 Å². The average Bonchev–Trinajstić information content (AvgIpc) is 3.21. The first kappa shape index (κ1) is 20.8. The van der Waals surface area contributed by atoms with E-state index in [1.54, 1.807) is 0 Å². The standard InChI is InChI=1S/C22H32N6O2/c1-17(2)26-12-14-28(15-13-26)21(29)16-25-8-10-27(11-9-25)20-6-4-19(5-7-20)22-23-18(3)24-30-22/h4-7,17H,8-16H2,1-3H3. The Hall–Kier alpha value is -2.45. The third-order valence-electron chi connectivity index (χ3n) is 6.14. The second-order valence-corrected chi connectivity index (χ2v) is 8.47. The lowest BCUT2D eigenvalue weighted by Crippen LogP contribution is -2.54. The van der Waals surface area contributed by atoms with Gasteiger partial charge in [-0.1, -0.05) is 5.16 Å². The van der Waals surface area contributed by atoms with Crippen LogP contribution in [0.25, 0.3) is 11.5 Å². The number of aromatic nitrogens is 2. The van der Waals surface area contributed by atoms with Gasteiger partial charge in [-0.25, -0.2) is 0 Å². The molecule has 1 amide bonds. The number of amides is 1. The van der Waals surface area contributed by atoms with E-state index in [-0.39, 0.29) is 5.91 Å². The maximum atomic E-state index is 12.7. The molecule has 3 heterocycles. The molecular formula is C22H32N6O2. The molecular weight excluding hydrogens is 380 g/mol. The second kappa shape index (κ2) is 9.14. The highest BCUT2D eigenvalue weighted by atomic mass is 16.5. The first-order chi connectivity index (χ1) is 14.5. The molecule has 8 heteroatoms. The van der Waals surface area contributed by atoms with Crippen molar-refractivity contribution in [3.63, 3.8) is 0 Å². The predicted molar refractivity (Wildman–Crippen MR) is 116 cm³/mol. The number of piperazine rings is 2. The zero-order chi connectivity index (χ0) is 21.1. The summed E-state index contributed by atoms with van der Waals surface area (Å²) in [4.78, 5) is 26.1. The van der Waals surface area contributed by atoms with Gasteiger partial charge < -0.3 is 14.3 Å². The molecule has 0 radical (unpaired) electrons. The molecule has 0 atom stereocenters. The number of benzene rings is 1. The molecule has 2 saturated heterocycles. The van der Waals surface area contributed by atoms with E-state index in [4.69, 9.17) is 4.52 Å². The first-order valence-electron chi connectivity index (χ1n) is 10.9. The SMILES string of the molecule is Cc1noc(-c2ccc(N3CCN(CC(=O)N4CCN(C(C)C)CC4)CC3)cc2)n1. The number of anilines is 1. The minimum Gasteiger partial charge on any atom is -0.369 e. The Labute approximate surface area is 178 Å². The molecule has 2 aliphatic rings. The summed E-state index contributed by atoms with van der Waals surface area (Å²) >= 11 is 0. The molecule has 2 aromatic rings. The summed E-state index contributed by atoms with van der Waals surface area (Å²) in [6, 6.07) is 8.80. The summed E-state index contributed by atoms with van der Waals surface area (Å²) in [5.41, 5.74) is 2.12. The van der Waals surface area contributed by atoms with Gasteiger partial charge >= 0.3 is 0 Å². The fraction of sp³-hybridized carbons (Fsp3) is 0.591. The van der Waals surface area contributed by atoms with E-state index in [0.29, 0.717) is 24.3 Å². The monoisotopic (exact) mass is 412 g/mol. The minimum absolute atomic E-state index is 0.269. The van der Waals surface area contributed by atoms with Crippen molar-refractivity contribution in [3.8, 4) is 11.5 Å². The number of carbonyl (C=O) groups is 1. The fourth-order valence-electron chi connectivity index (χ4n) is 4.17. The lowest BCUT2D eigenvalue weighted by Gasteiger charge is -2.39. The van der Waals surface area contributed by atoms with Crippen LogP contribution in [0.2, 0.25) is 0 Å². The smallest absolute Gasteiger partial charge is 0.257 e. The first-order valence-corrected chi connectivity index (χ1v) is 10.9. The van der Waals surface area contributed by atoms with Gasteiger partial charge in [0.15, 0.2) is 5.82 Å². The molecule has 4 rings (SSSR count). The van der Waals surface area contributed by atoms with Crippen LogP contribution in [0.4, 0.5) is 5.69 Å². The van der Waals surface area contributed by atoms with Crippen LogP contribution < -0.4 is 4.90 Å². The molecule has 0 bridgehead atoms. The fourth-order valence-corrected chi connectivity index (χ4v) is 4.17. The minimum atomic E-state index is 0.269. The van der Waals surface area contributed by atoms with Gasteiger partial charge in [0.05, 0.1) is 6.54 Å². The van der Waals surface area contributed by atoms with Gasteiger partial charge in [0, 0.05) is 69.7 Å². The van der Waals surface area contributed by atoms with E-state index in [0.717, 1.165) is 57.9 Å². The molecule has 1 aromatic carbocycles. The van der Waals surface area contributed by atoms with Crippen molar-refractivity contribution in [1.29, 1.82) is 0 Å². The van der Waals surface area contributed by atoms with Crippen molar-refractivity contribution < 1.29 is 9.32 Å². The third-order valence-corrected chi connectivity index (χ3v) is 6.14. The van der Waals surface area contributed by atoms with Gasteiger partial charge in [-0.05, 0) is 45.0 Å². The lowest BCUT2D eigenvalue weighted by molar-refractivity contribution is -0.134. The molecule has 2 aliphatic heterocycles. The Morgan fingerprint density at radius 2 is 1.67 bits per heavy atom. The Bertz CT molecular complexity index is 834. The molecule has 0 saturated carbocycles. The van der Waals surface area contributed by atoms with Crippen LogP contribution in [0.3, 0.4) is 0 Å². The van der Waals surface area contributed by atoms with Crippen molar-refractivity contribution in [2.24, 2.45) is 0 Å². The van der Waals surface area contributed by atoms with Crippen molar-refractivity contribution in [2.75, 3.05) is 63.8 Å². The molecule has 8 nitrogen and oxygen atoms in total. The zero-order valence-electron chi connectivity index (χ0n) is 18.3. The van der Waals surface area contributed by atoms with Crippen LogP contribution in [0.5, 0.6) is 0 Å². The Balaban J connectivity index is 1.24.